The van der Waals surface area contributed by atoms with Crippen molar-refractivity contribution >= 4 is 17.0 Å². The smallest absolute Gasteiger partial charge is 0.329 e. The van der Waals surface area contributed by atoms with Crippen LogP contribution in [0.25, 0.3) is 11.0 Å². The molecule has 1 saturated carbocycles. The highest BCUT2D eigenvalue weighted by atomic mass is 16.5. The van der Waals surface area contributed by atoms with Crippen molar-refractivity contribution < 1.29 is 9.53 Å². The van der Waals surface area contributed by atoms with Gasteiger partial charge in [-0.1, -0.05) is 46.2 Å². The molecule has 1 aromatic carbocycles. The molecule has 0 aliphatic heterocycles. The van der Waals surface area contributed by atoms with Gasteiger partial charge in [-0.2, -0.15) is 0 Å². The van der Waals surface area contributed by atoms with Crippen LogP contribution in [0.15, 0.2) is 24.3 Å². The van der Waals surface area contributed by atoms with Crippen molar-refractivity contribution in [2.45, 2.75) is 72.4 Å². The average Bonchev–Trinajstić information content (AvgIpc) is 2.99. The zero-order chi connectivity index (χ0) is 18.8. The highest BCUT2D eigenvalue weighted by molar-refractivity contribution is 5.81. The molecule has 0 saturated heterocycles. The summed E-state index contributed by atoms with van der Waals surface area (Å²) in [7, 11) is 0. The van der Waals surface area contributed by atoms with E-state index in [-0.39, 0.29) is 18.1 Å². The maximum atomic E-state index is 13.0. The Morgan fingerprint density at radius 2 is 2.00 bits per heavy atom. The van der Waals surface area contributed by atoms with Gasteiger partial charge in [0.15, 0.2) is 0 Å². The standard InChI is InChI=1S/C22H32N2O2/c1-6-21-23-18-9-7-8-10-19(18)24(21)16(5)22(25)26-20-13-15(4)11-12-17(20)14(2)3/h7-10,14-17,20H,6,11-13H2,1-5H3/t15?,16-,17+,20-/m1/s1. The quantitative estimate of drug-likeness (QED) is 0.695. The van der Waals surface area contributed by atoms with Crippen molar-refractivity contribution in [2.75, 3.05) is 0 Å². The molecular formula is C22H32N2O2. The molecule has 1 fully saturated rings. The number of nitrogens with zero attached hydrogens (tertiary/aromatic N) is 2. The molecule has 4 atom stereocenters. The fourth-order valence-electron chi connectivity index (χ4n) is 4.38. The van der Waals surface area contributed by atoms with Gasteiger partial charge >= 0.3 is 5.97 Å². The summed E-state index contributed by atoms with van der Waals surface area (Å²) in [5.74, 6) is 2.43. The lowest BCUT2D eigenvalue weighted by molar-refractivity contribution is -0.159. The molecule has 1 heterocycles. The largest absolute Gasteiger partial charge is 0.461 e. The highest BCUT2D eigenvalue weighted by Gasteiger charge is 2.35. The van der Waals surface area contributed by atoms with E-state index in [1.807, 2.05) is 35.8 Å². The van der Waals surface area contributed by atoms with Crippen molar-refractivity contribution in [1.29, 1.82) is 0 Å². The molecule has 3 rings (SSSR count). The molecule has 2 aromatic rings. The Kier molecular flexibility index (Phi) is 5.69. The molecule has 4 heteroatoms. The number of aromatic nitrogens is 2. The van der Waals surface area contributed by atoms with Crippen LogP contribution in [0, 0.1) is 17.8 Å². The van der Waals surface area contributed by atoms with E-state index in [0.717, 1.165) is 36.1 Å². The fourth-order valence-corrected chi connectivity index (χ4v) is 4.38. The number of para-hydroxylation sites is 2. The Balaban J connectivity index is 1.83. The summed E-state index contributed by atoms with van der Waals surface area (Å²) in [4.78, 5) is 17.7. The SMILES string of the molecule is CCc1nc2ccccc2n1[C@H](C)C(=O)O[C@@H]1CC(C)CC[C@H]1C(C)C. The molecule has 0 bridgehead atoms. The van der Waals surface area contributed by atoms with Crippen LogP contribution in [0.5, 0.6) is 0 Å². The number of carbonyl (C=O) groups excluding carboxylic acids is 1. The van der Waals surface area contributed by atoms with E-state index < -0.39 is 0 Å². The maximum Gasteiger partial charge on any atom is 0.329 e. The van der Waals surface area contributed by atoms with Gasteiger partial charge in [-0.25, -0.2) is 9.78 Å². The first kappa shape index (κ1) is 18.9. The van der Waals surface area contributed by atoms with E-state index in [1.54, 1.807) is 0 Å². The number of hydrogen-bond acceptors (Lipinski definition) is 3. The van der Waals surface area contributed by atoms with E-state index >= 15 is 0 Å². The number of benzene rings is 1. The van der Waals surface area contributed by atoms with Crippen LogP contribution in [0.4, 0.5) is 0 Å². The number of carbonyl (C=O) groups is 1. The molecule has 4 nitrogen and oxygen atoms in total. The lowest BCUT2D eigenvalue weighted by Gasteiger charge is -2.37. The summed E-state index contributed by atoms with van der Waals surface area (Å²) in [5.41, 5.74) is 1.95. The topological polar surface area (TPSA) is 44.1 Å². The Morgan fingerprint density at radius 3 is 2.69 bits per heavy atom. The molecule has 0 spiro atoms. The lowest BCUT2D eigenvalue weighted by Crippen LogP contribution is -2.37. The van der Waals surface area contributed by atoms with Gasteiger partial charge in [0, 0.05) is 6.42 Å². The van der Waals surface area contributed by atoms with Gasteiger partial charge in [-0.05, 0) is 49.7 Å². The first-order valence-electron chi connectivity index (χ1n) is 10.1. The molecule has 26 heavy (non-hydrogen) atoms. The van der Waals surface area contributed by atoms with Gasteiger partial charge in [0.1, 0.15) is 18.0 Å². The van der Waals surface area contributed by atoms with Gasteiger partial charge in [0.2, 0.25) is 0 Å². The van der Waals surface area contributed by atoms with E-state index in [1.165, 1.54) is 6.42 Å². The van der Waals surface area contributed by atoms with E-state index in [0.29, 0.717) is 17.8 Å². The summed E-state index contributed by atoms with van der Waals surface area (Å²) in [5, 5.41) is 0. The van der Waals surface area contributed by atoms with Crippen molar-refractivity contribution in [3.8, 4) is 0 Å². The zero-order valence-electron chi connectivity index (χ0n) is 16.7. The summed E-state index contributed by atoms with van der Waals surface area (Å²) in [6.07, 6.45) is 4.19. The Morgan fingerprint density at radius 1 is 1.27 bits per heavy atom. The zero-order valence-corrected chi connectivity index (χ0v) is 16.7. The minimum Gasteiger partial charge on any atom is -0.461 e. The molecule has 1 aromatic heterocycles. The molecule has 142 valence electrons. The summed E-state index contributed by atoms with van der Waals surface area (Å²) < 4.78 is 8.13. The summed E-state index contributed by atoms with van der Waals surface area (Å²) in [6.45, 7) is 10.8. The van der Waals surface area contributed by atoms with Crippen LogP contribution in [0.3, 0.4) is 0 Å². The molecule has 0 amide bonds. The van der Waals surface area contributed by atoms with Crippen LogP contribution in [-0.4, -0.2) is 21.6 Å². The second-order valence-electron chi connectivity index (χ2n) is 8.22. The molecule has 1 aliphatic rings. The van der Waals surface area contributed by atoms with Crippen LogP contribution in [0.2, 0.25) is 0 Å². The highest BCUT2D eigenvalue weighted by Crippen LogP contribution is 2.36. The number of hydrogen-bond donors (Lipinski definition) is 0. The molecule has 1 aliphatic carbocycles. The van der Waals surface area contributed by atoms with Gasteiger partial charge in [-0.15, -0.1) is 0 Å². The number of aryl methyl sites for hydroxylation is 1. The third kappa shape index (κ3) is 3.65. The van der Waals surface area contributed by atoms with E-state index in [4.69, 9.17) is 9.72 Å². The Hall–Kier alpha value is -1.84. The Bertz CT molecular complexity index is 765. The maximum absolute atomic E-state index is 13.0. The predicted molar refractivity (Wildman–Crippen MR) is 105 cm³/mol. The summed E-state index contributed by atoms with van der Waals surface area (Å²) >= 11 is 0. The number of rotatable bonds is 5. The lowest BCUT2D eigenvalue weighted by atomic mass is 9.75. The first-order valence-corrected chi connectivity index (χ1v) is 10.1. The van der Waals surface area contributed by atoms with Crippen LogP contribution < -0.4 is 0 Å². The van der Waals surface area contributed by atoms with Gasteiger partial charge in [-0.3, -0.25) is 0 Å². The molecule has 1 unspecified atom stereocenters. The molecule has 0 radical (unpaired) electrons. The Labute approximate surface area is 156 Å². The van der Waals surface area contributed by atoms with Crippen molar-refractivity contribution in [2.24, 2.45) is 17.8 Å². The second-order valence-corrected chi connectivity index (χ2v) is 8.22. The molecular weight excluding hydrogens is 324 g/mol. The third-order valence-corrected chi connectivity index (χ3v) is 5.94. The number of fused-ring (bicyclic) bond motifs is 1. The van der Waals surface area contributed by atoms with E-state index in [9.17, 15) is 4.79 Å². The van der Waals surface area contributed by atoms with E-state index in [2.05, 4.69) is 27.7 Å². The van der Waals surface area contributed by atoms with Crippen LogP contribution >= 0.6 is 0 Å². The minimum absolute atomic E-state index is 0.0357. The normalized spacial score (nSPS) is 24.8. The van der Waals surface area contributed by atoms with Crippen LogP contribution in [-0.2, 0) is 16.0 Å². The predicted octanol–water partition coefficient (Wildman–Crippen LogP) is 5.16. The first-order chi connectivity index (χ1) is 12.4. The van der Waals surface area contributed by atoms with Crippen molar-refractivity contribution in [3.05, 3.63) is 30.1 Å². The summed E-state index contributed by atoms with van der Waals surface area (Å²) in [6, 6.07) is 7.65. The number of ether oxygens (including phenoxy) is 1. The molecule has 0 N–H and O–H groups in total. The van der Waals surface area contributed by atoms with Crippen LogP contribution in [0.1, 0.15) is 65.7 Å². The number of imidazole rings is 1. The van der Waals surface area contributed by atoms with Gasteiger partial charge < -0.3 is 9.30 Å². The van der Waals surface area contributed by atoms with Crippen molar-refractivity contribution in [3.63, 3.8) is 0 Å². The number of esters is 1. The third-order valence-electron chi connectivity index (χ3n) is 5.94. The average molecular weight is 357 g/mol. The monoisotopic (exact) mass is 356 g/mol. The fraction of sp³-hybridized carbons (Fsp3) is 0.636. The minimum atomic E-state index is -0.359. The van der Waals surface area contributed by atoms with Gasteiger partial charge in [0.25, 0.3) is 0 Å². The van der Waals surface area contributed by atoms with Gasteiger partial charge in [0.05, 0.1) is 11.0 Å². The van der Waals surface area contributed by atoms with Crippen molar-refractivity contribution in [1.82, 2.24) is 9.55 Å². The second kappa shape index (κ2) is 7.81.